The fourth-order valence-corrected chi connectivity index (χ4v) is 1.59. The number of benzene rings is 1. The second kappa shape index (κ2) is 5.49. The number of ether oxygens (including phenoxy) is 1. The zero-order valence-electron chi connectivity index (χ0n) is 11.0. The molecule has 1 aromatic carbocycles. The van der Waals surface area contributed by atoms with Crippen molar-refractivity contribution in [2.45, 2.75) is 13.8 Å². The third kappa shape index (κ3) is 2.81. The predicted octanol–water partition coefficient (Wildman–Crippen LogP) is 2.08. The molecule has 1 heterocycles. The Kier molecular flexibility index (Phi) is 3.76. The summed E-state index contributed by atoms with van der Waals surface area (Å²) in [6, 6.07) is 5.73. The lowest BCUT2D eigenvalue weighted by Gasteiger charge is -2.11. The lowest BCUT2D eigenvalue weighted by molar-refractivity contribution is -0.384. The van der Waals surface area contributed by atoms with E-state index >= 15 is 0 Å². The molecule has 0 saturated carbocycles. The van der Waals surface area contributed by atoms with E-state index in [0.717, 1.165) is 0 Å². The minimum absolute atomic E-state index is 0.00254. The van der Waals surface area contributed by atoms with E-state index in [1.165, 1.54) is 24.3 Å². The van der Waals surface area contributed by atoms with Crippen molar-refractivity contribution in [1.82, 2.24) is 9.97 Å². The van der Waals surface area contributed by atoms with Crippen LogP contribution < -0.4 is 16.0 Å². The molecule has 0 aliphatic rings. The van der Waals surface area contributed by atoms with Crippen LogP contribution in [0.3, 0.4) is 0 Å². The van der Waals surface area contributed by atoms with Gasteiger partial charge in [0.15, 0.2) is 0 Å². The summed E-state index contributed by atoms with van der Waals surface area (Å²) in [5.41, 5.74) is 3.11. The fourth-order valence-electron chi connectivity index (χ4n) is 1.59. The molecule has 0 fully saturated rings. The summed E-state index contributed by atoms with van der Waals surface area (Å²) in [4.78, 5) is 18.4. The molecule has 2 aromatic rings. The first-order valence-electron chi connectivity index (χ1n) is 5.75. The molecule has 1 aromatic heterocycles. The molecule has 0 amide bonds. The fraction of sp³-hybridized carbons (Fsp3) is 0.167. The second-order valence-electron chi connectivity index (χ2n) is 4.05. The van der Waals surface area contributed by atoms with E-state index < -0.39 is 4.92 Å². The number of aryl methyl sites for hydroxylation is 1. The first kappa shape index (κ1) is 13.7. The summed E-state index contributed by atoms with van der Waals surface area (Å²) in [5.74, 6) is 7.12. The molecule has 0 saturated heterocycles. The van der Waals surface area contributed by atoms with E-state index in [0.29, 0.717) is 28.8 Å². The summed E-state index contributed by atoms with van der Waals surface area (Å²) in [5, 5.41) is 10.6. The zero-order valence-corrected chi connectivity index (χ0v) is 11.0. The number of anilines is 1. The van der Waals surface area contributed by atoms with Crippen molar-refractivity contribution in [3.05, 3.63) is 45.8 Å². The number of nitro benzene ring substituents is 1. The Bertz CT molecular complexity index is 642. The monoisotopic (exact) mass is 275 g/mol. The Balaban J connectivity index is 2.30. The van der Waals surface area contributed by atoms with E-state index in [1.54, 1.807) is 13.8 Å². The smallest absolute Gasteiger partial charge is 0.269 e. The van der Waals surface area contributed by atoms with Gasteiger partial charge in [-0.15, -0.1) is 0 Å². The van der Waals surface area contributed by atoms with Crippen molar-refractivity contribution in [2.24, 2.45) is 5.84 Å². The summed E-state index contributed by atoms with van der Waals surface area (Å²) < 4.78 is 5.60. The molecule has 3 N–H and O–H groups in total. The van der Waals surface area contributed by atoms with Crippen LogP contribution in [0.2, 0.25) is 0 Å². The molecule has 0 atom stereocenters. The van der Waals surface area contributed by atoms with Crippen LogP contribution >= 0.6 is 0 Å². The van der Waals surface area contributed by atoms with Crippen LogP contribution in [-0.2, 0) is 0 Å². The van der Waals surface area contributed by atoms with Crippen molar-refractivity contribution in [3.8, 4) is 11.6 Å². The van der Waals surface area contributed by atoms with Gasteiger partial charge in [-0.2, -0.15) is 4.98 Å². The third-order valence-corrected chi connectivity index (χ3v) is 2.61. The number of rotatable bonds is 4. The normalized spacial score (nSPS) is 10.2. The average molecular weight is 275 g/mol. The number of nitrogens with one attached hydrogen (secondary N) is 1. The molecule has 0 aliphatic heterocycles. The van der Waals surface area contributed by atoms with Crippen LogP contribution in [0.1, 0.15) is 11.4 Å². The maximum atomic E-state index is 10.6. The summed E-state index contributed by atoms with van der Waals surface area (Å²) in [6.07, 6.45) is 0. The van der Waals surface area contributed by atoms with Gasteiger partial charge in [-0.3, -0.25) is 10.1 Å². The van der Waals surface area contributed by atoms with Crippen LogP contribution in [0.15, 0.2) is 24.3 Å². The largest absolute Gasteiger partial charge is 0.439 e. The maximum absolute atomic E-state index is 10.6. The first-order valence-corrected chi connectivity index (χ1v) is 5.75. The number of nitro groups is 1. The molecule has 0 spiro atoms. The van der Waals surface area contributed by atoms with Gasteiger partial charge in [-0.1, -0.05) is 0 Å². The van der Waals surface area contributed by atoms with Crippen molar-refractivity contribution < 1.29 is 9.66 Å². The Morgan fingerprint density at radius 2 is 1.90 bits per heavy atom. The molecule has 0 unspecified atom stereocenters. The Morgan fingerprint density at radius 1 is 1.25 bits per heavy atom. The van der Waals surface area contributed by atoms with Crippen LogP contribution in [0.25, 0.3) is 0 Å². The van der Waals surface area contributed by atoms with Crippen molar-refractivity contribution >= 4 is 11.5 Å². The Labute approximate surface area is 114 Å². The number of hydrogen-bond donors (Lipinski definition) is 2. The quantitative estimate of drug-likeness (QED) is 0.498. The van der Waals surface area contributed by atoms with Gasteiger partial charge < -0.3 is 10.2 Å². The van der Waals surface area contributed by atoms with E-state index in [-0.39, 0.29) is 5.69 Å². The van der Waals surface area contributed by atoms with E-state index in [2.05, 4.69) is 15.4 Å². The van der Waals surface area contributed by atoms with Gasteiger partial charge >= 0.3 is 0 Å². The third-order valence-electron chi connectivity index (χ3n) is 2.61. The van der Waals surface area contributed by atoms with Crippen LogP contribution in [0.4, 0.5) is 11.5 Å². The highest BCUT2D eigenvalue weighted by atomic mass is 16.6. The SMILES string of the molecule is Cc1nc(NN)c(C)c(Oc2ccc([N+](=O)[O-])cc2)n1. The first-order chi connectivity index (χ1) is 9.51. The number of nitrogen functional groups attached to an aromatic ring is 1. The molecule has 0 aliphatic carbocycles. The molecule has 104 valence electrons. The predicted molar refractivity (Wildman–Crippen MR) is 72.5 cm³/mol. The van der Waals surface area contributed by atoms with Crippen LogP contribution in [0, 0.1) is 24.0 Å². The molecule has 0 radical (unpaired) electrons. The standard InChI is InChI=1S/C12H13N5O3/c1-7-11(16-13)14-8(2)15-12(7)20-10-5-3-9(4-6-10)17(18)19/h3-6H,13H2,1-2H3,(H,14,15,16). The highest BCUT2D eigenvalue weighted by Crippen LogP contribution is 2.27. The van der Waals surface area contributed by atoms with Gasteiger partial charge in [0.05, 0.1) is 10.5 Å². The van der Waals surface area contributed by atoms with Gasteiger partial charge in [-0.25, -0.2) is 10.8 Å². The van der Waals surface area contributed by atoms with Gasteiger partial charge in [0, 0.05) is 12.1 Å². The Morgan fingerprint density at radius 3 is 2.45 bits per heavy atom. The molecule has 20 heavy (non-hydrogen) atoms. The van der Waals surface area contributed by atoms with E-state index in [1.807, 2.05) is 0 Å². The lowest BCUT2D eigenvalue weighted by Crippen LogP contribution is -2.12. The molecular weight excluding hydrogens is 262 g/mol. The summed E-state index contributed by atoms with van der Waals surface area (Å²) in [6.45, 7) is 3.47. The molecular formula is C12H13N5O3. The number of non-ortho nitro benzene ring substituents is 1. The van der Waals surface area contributed by atoms with Crippen molar-refractivity contribution in [1.29, 1.82) is 0 Å². The van der Waals surface area contributed by atoms with E-state index in [4.69, 9.17) is 10.6 Å². The average Bonchev–Trinajstić information content (AvgIpc) is 2.43. The van der Waals surface area contributed by atoms with Gasteiger partial charge in [0.1, 0.15) is 17.4 Å². The van der Waals surface area contributed by atoms with Gasteiger partial charge in [0.25, 0.3) is 5.69 Å². The summed E-state index contributed by atoms with van der Waals surface area (Å²) in [7, 11) is 0. The van der Waals surface area contributed by atoms with E-state index in [9.17, 15) is 10.1 Å². The zero-order chi connectivity index (χ0) is 14.7. The topological polar surface area (TPSA) is 116 Å². The molecule has 2 rings (SSSR count). The number of hydrogen-bond acceptors (Lipinski definition) is 7. The number of hydrazine groups is 1. The van der Waals surface area contributed by atoms with Crippen LogP contribution in [-0.4, -0.2) is 14.9 Å². The highest BCUT2D eigenvalue weighted by Gasteiger charge is 2.11. The number of aromatic nitrogens is 2. The lowest BCUT2D eigenvalue weighted by atomic mass is 10.3. The number of nitrogens with zero attached hydrogens (tertiary/aromatic N) is 3. The highest BCUT2D eigenvalue weighted by molar-refractivity contribution is 5.49. The van der Waals surface area contributed by atoms with Crippen molar-refractivity contribution in [2.75, 3.05) is 5.43 Å². The van der Waals surface area contributed by atoms with Crippen LogP contribution in [0.5, 0.6) is 11.6 Å². The molecule has 8 nitrogen and oxygen atoms in total. The minimum atomic E-state index is -0.472. The van der Waals surface area contributed by atoms with Gasteiger partial charge in [0.2, 0.25) is 5.88 Å². The second-order valence-corrected chi connectivity index (χ2v) is 4.05. The maximum Gasteiger partial charge on any atom is 0.269 e. The number of nitrogens with two attached hydrogens (primary N) is 1. The minimum Gasteiger partial charge on any atom is -0.439 e. The molecule has 8 heteroatoms. The summed E-state index contributed by atoms with van der Waals surface area (Å²) >= 11 is 0. The van der Waals surface area contributed by atoms with Crippen molar-refractivity contribution in [3.63, 3.8) is 0 Å². The van der Waals surface area contributed by atoms with Gasteiger partial charge in [-0.05, 0) is 26.0 Å². The molecule has 0 bridgehead atoms. The Hall–Kier alpha value is -2.74.